The maximum absolute atomic E-state index is 12.9. The Kier molecular flexibility index (Phi) is 3.61. The van der Waals surface area contributed by atoms with Crippen molar-refractivity contribution in [1.82, 2.24) is 0 Å². The summed E-state index contributed by atoms with van der Waals surface area (Å²) in [7, 11) is -4.14. The molecule has 0 bridgehead atoms. The van der Waals surface area contributed by atoms with E-state index in [1.54, 1.807) is 0 Å². The van der Waals surface area contributed by atoms with E-state index in [1.807, 2.05) is 0 Å². The second-order valence-corrected chi connectivity index (χ2v) is 4.64. The zero-order valence-corrected chi connectivity index (χ0v) is 9.12. The summed E-state index contributed by atoms with van der Waals surface area (Å²) in [4.78, 5) is 9.88. The number of aryl methyl sites for hydroxylation is 1. The smallest absolute Gasteiger partial charge is 0.331 e. The summed E-state index contributed by atoms with van der Waals surface area (Å²) >= 11 is 0. The molecule has 0 aromatic heterocycles. The standard InChI is InChI=1S/C9H9FO5S/c1-6-4-7(2-3-8(6)10)16(13,14)15-5-9(11)12/h2-4H,5H2,1H3,(H,11,12). The number of benzene rings is 1. The summed E-state index contributed by atoms with van der Waals surface area (Å²) < 4.78 is 39.9. The molecule has 0 saturated carbocycles. The average Bonchev–Trinajstić information content (AvgIpc) is 2.19. The molecule has 0 fully saturated rings. The Morgan fingerprint density at radius 3 is 2.62 bits per heavy atom. The van der Waals surface area contributed by atoms with Crippen LogP contribution >= 0.6 is 0 Å². The van der Waals surface area contributed by atoms with Crippen LogP contribution in [0, 0.1) is 12.7 Å². The molecule has 0 atom stereocenters. The average molecular weight is 248 g/mol. The Balaban J connectivity index is 2.99. The van der Waals surface area contributed by atoms with E-state index in [-0.39, 0.29) is 10.5 Å². The monoisotopic (exact) mass is 248 g/mol. The molecule has 0 aliphatic rings. The van der Waals surface area contributed by atoms with Gasteiger partial charge in [0.1, 0.15) is 5.82 Å². The summed E-state index contributed by atoms with van der Waals surface area (Å²) in [6.07, 6.45) is 0. The van der Waals surface area contributed by atoms with Gasteiger partial charge in [-0.3, -0.25) is 4.18 Å². The van der Waals surface area contributed by atoms with Crippen LogP contribution in [0.1, 0.15) is 5.56 Å². The fraction of sp³-hybridized carbons (Fsp3) is 0.222. The van der Waals surface area contributed by atoms with E-state index in [0.29, 0.717) is 0 Å². The highest BCUT2D eigenvalue weighted by Crippen LogP contribution is 2.16. The van der Waals surface area contributed by atoms with Gasteiger partial charge in [-0.05, 0) is 30.7 Å². The third-order valence-corrected chi connectivity index (χ3v) is 3.02. The Hall–Kier alpha value is -1.47. The third kappa shape index (κ3) is 3.01. The minimum absolute atomic E-state index is 0.139. The lowest BCUT2D eigenvalue weighted by molar-refractivity contribution is -0.139. The molecule has 1 N–H and O–H groups in total. The first-order valence-corrected chi connectivity index (χ1v) is 5.61. The van der Waals surface area contributed by atoms with Gasteiger partial charge in [0.25, 0.3) is 10.1 Å². The van der Waals surface area contributed by atoms with Crippen LogP contribution in [0.4, 0.5) is 4.39 Å². The normalized spacial score (nSPS) is 11.4. The van der Waals surface area contributed by atoms with Crippen LogP contribution < -0.4 is 0 Å². The minimum Gasteiger partial charge on any atom is -0.479 e. The van der Waals surface area contributed by atoms with Crippen LogP contribution in [-0.4, -0.2) is 26.1 Å². The van der Waals surface area contributed by atoms with Gasteiger partial charge >= 0.3 is 5.97 Å². The molecule has 5 nitrogen and oxygen atoms in total. The van der Waals surface area contributed by atoms with Gasteiger partial charge in [-0.2, -0.15) is 8.42 Å². The summed E-state index contributed by atoms with van der Waals surface area (Å²) in [6, 6.07) is 3.07. The number of hydrogen-bond donors (Lipinski definition) is 1. The highest BCUT2D eigenvalue weighted by molar-refractivity contribution is 7.86. The maximum Gasteiger partial charge on any atom is 0.331 e. The van der Waals surface area contributed by atoms with E-state index in [2.05, 4.69) is 4.18 Å². The van der Waals surface area contributed by atoms with Crippen LogP contribution in [0.2, 0.25) is 0 Å². The Bertz CT molecular complexity index is 509. The fourth-order valence-corrected chi connectivity index (χ4v) is 1.92. The number of carbonyl (C=O) groups is 1. The Labute approximate surface area is 91.6 Å². The number of hydrogen-bond acceptors (Lipinski definition) is 4. The quantitative estimate of drug-likeness (QED) is 0.801. The molecular weight excluding hydrogens is 239 g/mol. The van der Waals surface area contributed by atoms with Crippen LogP contribution in [0.3, 0.4) is 0 Å². The molecule has 0 saturated heterocycles. The summed E-state index contributed by atoms with van der Waals surface area (Å²) in [5.41, 5.74) is 0.139. The zero-order valence-electron chi connectivity index (χ0n) is 8.31. The first-order chi connectivity index (χ1) is 7.33. The van der Waals surface area contributed by atoms with Gasteiger partial charge in [-0.25, -0.2) is 9.18 Å². The number of rotatable bonds is 4. The molecule has 88 valence electrons. The number of carboxylic acid groups (broad SMARTS) is 1. The van der Waals surface area contributed by atoms with Crippen molar-refractivity contribution in [2.75, 3.05) is 6.61 Å². The van der Waals surface area contributed by atoms with Crippen LogP contribution in [0.5, 0.6) is 0 Å². The summed E-state index contributed by atoms with van der Waals surface area (Å²) in [5, 5.41) is 8.27. The second kappa shape index (κ2) is 4.58. The molecule has 0 radical (unpaired) electrons. The van der Waals surface area contributed by atoms with Crippen molar-refractivity contribution in [1.29, 1.82) is 0 Å². The van der Waals surface area contributed by atoms with E-state index in [9.17, 15) is 17.6 Å². The largest absolute Gasteiger partial charge is 0.479 e. The summed E-state index contributed by atoms with van der Waals surface area (Å²) in [6.45, 7) is 0.435. The van der Waals surface area contributed by atoms with Crippen molar-refractivity contribution in [3.63, 3.8) is 0 Å². The van der Waals surface area contributed by atoms with Crippen molar-refractivity contribution in [2.24, 2.45) is 0 Å². The number of aliphatic carboxylic acids is 1. The molecule has 1 aromatic carbocycles. The van der Waals surface area contributed by atoms with Crippen LogP contribution in [0.25, 0.3) is 0 Å². The zero-order chi connectivity index (χ0) is 12.3. The molecular formula is C9H9FO5S. The fourth-order valence-electron chi connectivity index (χ4n) is 0.969. The third-order valence-electron chi connectivity index (χ3n) is 1.76. The number of halogens is 1. The van der Waals surface area contributed by atoms with E-state index in [1.165, 1.54) is 6.92 Å². The lowest BCUT2D eigenvalue weighted by atomic mass is 10.2. The molecule has 16 heavy (non-hydrogen) atoms. The second-order valence-electron chi connectivity index (χ2n) is 3.02. The van der Waals surface area contributed by atoms with E-state index in [4.69, 9.17) is 5.11 Å². The molecule has 0 amide bonds. The van der Waals surface area contributed by atoms with Crippen molar-refractivity contribution < 1.29 is 26.9 Å². The van der Waals surface area contributed by atoms with E-state index < -0.39 is 28.5 Å². The first kappa shape index (κ1) is 12.6. The highest BCUT2D eigenvalue weighted by Gasteiger charge is 2.17. The van der Waals surface area contributed by atoms with Gasteiger partial charge in [-0.15, -0.1) is 0 Å². The van der Waals surface area contributed by atoms with Gasteiger partial charge in [0.05, 0.1) is 4.90 Å². The Morgan fingerprint density at radius 1 is 1.50 bits per heavy atom. The predicted molar refractivity (Wildman–Crippen MR) is 51.9 cm³/mol. The van der Waals surface area contributed by atoms with Gasteiger partial charge < -0.3 is 5.11 Å². The maximum atomic E-state index is 12.9. The van der Waals surface area contributed by atoms with Crippen molar-refractivity contribution >= 4 is 16.1 Å². The minimum atomic E-state index is -4.14. The molecule has 0 aliphatic heterocycles. The van der Waals surface area contributed by atoms with Crippen LogP contribution in [0.15, 0.2) is 23.1 Å². The molecule has 0 aliphatic carbocycles. The van der Waals surface area contributed by atoms with Gasteiger partial charge in [0, 0.05) is 0 Å². The van der Waals surface area contributed by atoms with Gasteiger partial charge in [0.15, 0.2) is 6.61 Å². The van der Waals surface area contributed by atoms with Gasteiger partial charge in [-0.1, -0.05) is 0 Å². The molecule has 0 heterocycles. The van der Waals surface area contributed by atoms with Crippen molar-refractivity contribution in [3.8, 4) is 0 Å². The van der Waals surface area contributed by atoms with Crippen molar-refractivity contribution in [2.45, 2.75) is 11.8 Å². The summed E-state index contributed by atoms with van der Waals surface area (Å²) in [5.74, 6) is -1.94. The van der Waals surface area contributed by atoms with Gasteiger partial charge in [0.2, 0.25) is 0 Å². The first-order valence-electron chi connectivity index (χ1n) is 4.20. The highest BCUT2D eigenvalue weighted by atomic mass is 32.2. The van der Waals surface area contributed by atoms with Crippen molar-refractivity contribution in [3.05, 3.63) is 29.6 Å². The van der Waals surface area contributed by atoms with Crippen LogP contribution in [-0.2, 0) is 19.1 Å². The molecule has 0 unspecified atom stereocenters. The molecule has 7 heteroatoms. The lowest BCUT2D eigenvalue weighted by Gasteiger charge is -2.04. The molecule has 0 spiro atoms. The molecule has 1 rings (SSSR count). The number of carboxylic acids is 1. The molecule has 1 aromatic rings. The van der Waals surface area contributed by atoms with E-state index >= 15 is 0 Å². The Morgan fingerprint density at radius 2 is 2.12 bits per heavy atom. The lowest BCUT2D eigenvalue weighted by Crippen LogP contribution is -2.14. The SMILES string of the molecule is Cc1cc(S(=O)(=O)OCC(=O)O)ccc1F. The van der Waals surface area contributed by atoms with E-state index in [0.717, 1.165) is 18.2 Å². The topological polar surface area (TPSA) is 80.7 Å². The predicted octanol–water partition coefficient (Wildman–Crippen LogP) is 0.924.